The number of halogens is 1. The van der Waals surface area contributed by atoms with Crippen molar-refractivity contribution in [2.45, 2.75) is 32.9 Å². The van der Waals surface area contributed by atoms with Crippen LogP contribution in [0.2, 0.25) is 5.02 Å². The lowest BCUT2D eigenvalue weighted by Gasteiger charge is -2.23. The van der Waals surface area contributed by atoms with Crippen LogP contribution in [-0.2, 0) is 6.54 Å². The van der Waals surface area contributed by atoms with Crippen LogP contribution in [0, 0.1) is 0 Å². The zero-order chi connectivity index (χ0) is 12.7. The standard InChI is InChI=1S/C14H23ClN2/c1-4-12(2)17(3)10-9-16-11-13-5-7-14(15)8-6-13/h5-8,12,16H,4,9-11H2,1-3H3. The maximum atomic E-state index is 5.84. The summed E-state index contributed by atoms with van der Waals surface area (Å²) in [5.74, 6) is 0. The third-order valence-corrected chi connectivity index (χ3v) is 3.48. The van der Waals surface area contributed by atoms with Gasteiger partial charge in [0.2, 0.25) is 0 Å². The predicted octanol–water partition coefficient (Wildman–Crippen LogP) is 3.16. The molecule has 0 spiro atoms. The molecule has 0 saturated heterocycles. The molecule has 0 bridgehead atoms. The van der Waals surface area contributed by atoms with Crippen molar-refractivity contribution < 1.29 is 0 Å². The molecule has 3 heteroatoms. The Kier molecular flexibility index (Phi) is 6.56. The van der Waals surface area contributed by atoms with Crippen LogP contribution in [0.1, 0.15) is 25.8 Å². The van der Waals surface area contributed by atoms with E-state index in [1.807, 2.05) is 12.1 Å². The van der Waals surface area contributed by atoms with Gasteiger partial charge in [-0.25, -0.2) is 0 Å². The Balaban J connectivity index is 2.18. The van der Waals surface area contributed by atoms with E-state index >= 15 is 0 Å². The number of hydrogen-bond donors (Lipinski definition) is 1. The molecule has 0 aliphatic carbocycles. The molecule has 1 rings (SSSR count). The molecule has 1 N–H and O–H groups in total. The van der Waals surface area contributed by atoms with Crippen molar-refractivity contribution in [2.24, 2.45) is 0 Å². The lowest BCUT2D eigenvalue weighted by Crippen LogP contribution is -2.34. The minimum absolute atomic E-state index is 0.660. The Morgan fingerprint density at radius 2 is 1.94 bits per heavy atom. The van der Waals surface area contributed by atoms with E-state index < -0.39 is 0 Å². The van der Waals surface area contributed by atoms with Gasteiger partial charge < -0.3 is 10.2 Å². The van der Waals surface area contributed by atoms with Crippen LogP contribution in [0.15, 0.2) is 24.3 Å². The van der Waals surface area contributed by atoms with Crippen LogP contribution >= 0.6 is 11.6 Å². The molecule has 2 nitrogen and oxygen atoms in total. The first-order chi connectivity index (χ1) is 8.13. The van der Waals surface area contributed by atoms with Crippen LogP contribution < -0.4 is 5.32 Å². The fourth-order valence-corrected chi connectivity index (χ4v) is 1.75. The normalized spacial score (nSPS) is 13.0. The third-order valence-electron chi connectivity index (χ3n) is 3.23. The van der Waals surface area contributed by atoms with Crippen molar-refractivity contribution in [3.63, 3.8) is 0 Å². The molecule has 0 aliphatic rings. The largest absolute Gasteiger partial charge is 0.311 e. The van der Waals surface area contributed by atoms with Crippen molar-refractivity contribution >= 4 is 11.6 Å². The summed E-state index contributed by atoms with van der Waals surface area (Å²) in [6.45, 7) is 7.50. The first kappa shape index (κ1) is 14.5. The highest BCUT2D eigenvalue weighted by Gasteiger charge is 2.04. The van der Waals surface area contributed by atoms with Crippen LogP contribution in [-0.4, -0.2) is 31.1 Å². The van der Waals surface area contributed by atoms with Gasteiger partial charge in [0, 0.05) is 30.7 Å². The molecule has 1 aromatic carbocycles. The molecule has 1 atom stereocenters. The fraction of sp³-hybridized carbons (Fsp3) is 0.571. The molecule has 0 fully saturated rings. The Hall–Kier alpha value is -0.570. The van der Waals surface area contributed by atoms with E-state index in [1.165, 1.54) is 12.0 Å². The van der Waals surface area contributed by atoms with Gasteiger partial charge in [0.25, 0.3) is 0 Å². The lowest BCUT2D eigenvalue weighted by atomic mass is 10.2. The monoisotopic (exact) mass is 254 g/mol. The quantitative estimate of drug-likeness (QED) is 0.752. The van der Waals surface area contributed by atoms with Crippen molar-refractivity contribution in [1.82, 2.24) is 10.2 Å². The molecular formula is C14H23ClN2. The summed E-state index contributed by atoms with van der Waals surface area (Å²) in [4.78, 5) is 2.38. The van der Waals surface area contributed by atoms with Gasteiger partial charge >= 0.3 is 0 Å². The second-order valence-electron chi connectivity index (χ2n) is 4.54. The molecule has 0 saturated carbocycles. The Morgan fingerprint density at radius 3 is 2.53 bits per heavy atom. The first-order valence-corrected chi connectivity index (χ1v) is 6.66. The van der Waals surface area contributed by atoms with Gasteiger partial charge in [0.15, 0.2) is 0 Å². The second-order valence-corrected chi connectivity index (χ2v) is 4.98. The molecule has 0 radical (unpaired) electrons. The van der Waals surface area contributed by atoms with Crippen molar-refractivity contribution in [1.29, 1.82) is 0 Å². The minimum Gasteiger partial charge on any atom is -0.311 e. The number of rotatable bonds is 7. The van der Waals surface area contributed by atoms with Gasteiger partial charge in [-0.3, -0.25) is 0 Å². The van der Waals surface area contributed by atoms with Gasteiger partial charge in [0.05, 0.1) is 0 Å². The van der Waals surface area contributed by atoms with Crippen molar-refractivity contribution in [3.05, 3.63) is 34.9 Å². The highest BCUT2D eigenvalue weighted by Crippen LogP contribution is 2.09. The number of hydrogen-bond acceptors (Lipinski definition) is 2. The summed E-state index contributed by atoms with van der Waals surface area (Å²) >= 11 is 5.84. The number of benzene rings is 1. The summed E-state index contributed by atoms with van der Waals surface area (Å²) in [5, 5.41) is 4.24. The third kappa shape index (κ3) is 5.53. The van der Waals surface area contributed by atoms with Gasteiger partial charge in [-0.1, -0.05) is 30.7 Å². The molecule has 0 heterocycles. The number of likely N-dealkylation sites (N-methyl/N-ethyl adjacent to an activating group) is 1. The molecular weight excluding hydrogens is 232 g/mol. The smallest absolute Gasteiger partial charge is 0.0406 e. The zero-order valence-corrected chi connectivity index (χ0v) is 11.8. The molecule has 96 valence electrons. The summed E-state index contributed by atoms with van der Waals surface area (Å²) < 4.78 is 0. The average Bonchev–Trinajstić information content (AvgIpc) is 2.35. The fourth-order valence-electron chi connectivity index (χ4n) is 1.62. The maximum Gasteiger partial charge on any atom is 0.0406 e. The maximum absolute atomic E-state index is 5.84. The summed E-state index contributed by atoms with van der Waals surface area (Å²) in [5.41, 5.74) is 1.28. The average molecular weight is 255 g/mol. The van der Waals surface area contributed by atoms with Gasteiger partial charge in [-0.15, -0.1) is 0 Å². The van der Waals surface area contributed by atoms with Crippen molar-refractivity contribution in [3.8, 4) is 0 Å². The molecule has 0 aliphatic heterocycles. The molecule has 1 aromatic rings. The minimum atomic E-state index is 0.660. The Labute approximate surface area is 110 Å². The van der Waals surface area contributed by atoms with Crippen LogP contribution in [0.3, 0.4) is 0 Å². The Bertz CT molecular complexity index is 311. The molecule has 1 unspecified atom stereocenters. The molecule has 0 amide bonds. The van der Waals surface area contributed by atoms with E-state index in [0.29, 0.717) is 6.04 Å². The van der Waals surface area contributed by atoms with E-state index in [-0.39, 0.29) is 0 Å². The highest BCUT2D eigenvalue weighted by atomic mass is 35.5. The van der Waals surface area contributed by atoms with Crippen LogP contribution in [0.25, 0.3) is 0 Å². The van der Waals surface area contributed by atoms with Gasteiger partial charge in [-0.2, -0.15) is 0 Å². The summed E-state index contributed by atoms with van der Waals surface area (Å²) in [6.07, 6.45) is 1.20. The van der Waals surface area contributed by atoms with Crippen LogP contribution in [0.4, 0.5) is 0 Å². The molecule has 0 aromatic heterocycles. The second kappa shape index (κ2) is 7.70. The van der Waals surface area contributed by atoms with E-state index in [0.717, 1.165) is 24.7 Å². The van der Waals surface area contributed by atoms with Crippen molar-refractivity contribution in [2.75, 3.05) is 20.1 Å². The Morgan fingerprint density at radius 1 is 1.29 bits per heavy atom. The summed E-state index contributed by atoms with van der Waals surface area (Å²) in [7, 11) is 2.18. The van der Waals surface area contributed by atoms with Gasteiger partial charge in [0.1, 0.15) is 0 Å². The SMILES string of the molecule is CCC(C)N(C)CCNCc1ccc(Cl)cc1. The van der Waals surface area contributed by atoms with Crippen LogP contribution in [0.5, 0.6) is 0 Å². The predicted molar refractivity (Wildman–Crippen MR) is 75.5 cm³/mol. The van der Waals surface area contributed by atoms with E-state index in [2.05, 4.69) is 43.2 Å². The van der Waals surface area contributed by atoms with Gasteiger partial charge in [-0.05, 0) is 38.1 Å². The highest BCUT2D eigenvalue weighted by molar-refractivity contribution is 6.30. The van der Waals surface area contributed by atoms with E-state index in [1.54, 1.807) is 0 Å². The van der Waals surface area contributed by atoms with E-state index in [9.17, 15) is 0 Å². The number of nitrogens with one attached hydrogen (secondary N) is 1. The topological polar surface area (TPSA) is 15.3 Å². The summed E-state index contributed by atoms with van der Waals surface area (Å²) in [6, 6.07) is 8.65. The van der Waals surface area contributed by atoms with E-state index in [4.69, 9.17) is 11.6 Å². The zero-order valence-electron chi connectivity index (χ0n) is 11.0. The molecule has 17 heavy (non-hydrogen) atoms. The lowest BCUT2D eigenvalue weighted by molar-refractivity contribution is 0.252. The number of nitrogens with zero attached hydrogens (tertiary/aromatic N) is 1. The first-order valence-electron chi connectivity index (χ1n) is 6.29.